The number of sulfonamides is 1. The van der Waals surface area contributed by atoms with Gasteiger partial charge in [0.25, 0.3) is 0 Å². The molecule has 9 heteroatoms. The quantitative estimate of drug-likeness (QED) is 0.305. The molecular formula is C17H25IN4O2S2. The SMILES string of the molecule is CCNC(=NCc1cccc(S(N)(=O)=O)c1)NCC(C)c1cccs1.I. The molecule has 1 unspecified atom stereocenters. The van der Waals surface area contributed by atoms with Gasteiger partial charge in [-0.3, -0.25) is 0 Å². The lowest BCUT2D eigenvalue weighted by Crippen LogP contribution is -2.39. The Morgan fingerprint density at radius 2 is 2.04 bits per heavy atom. The number of guanidine groups is 1. The van der Waals surface area contributed by atoms with Crippen molar-refractivity contribution in [1.29, 1.82) is 0 Å². The molecule has 2 aromatic rings. The van der Waals surface area contributed by atoms with Gasteiger partial charge in [0.2, 0.25) is 10.0 Å². The van der Waals surface area contributed by atoms with Gasteiger partial charge in [-0.25, -0.2) is 18.5 Å². The van der Waals surface area contributed by atoms with Gasteiger partial charge in [-0.15, -0.1) is 35.3 Å². The molecule has 1 atom stereocenters. The normalized spacial score (nSPS) is 13.0. The highest BCUT2D eigenvalue weighted by Crippen LogP contribution is 2.19. The van der Waals surface area contributed by atoms with E-state index in [4.69, 9.17) is 5.14 Å². The van der Waals surface area contributed by atoms with E-state index in [1.54, 1.807) is 23.5 Å². The summed E-state index contributed by atoms with van der Waals surface area (Å²) in [6.45, 7) is 6.05. The van der Waals surface area contributed by atoms with Crippen LogP contribution in [-0.4, -0.2) is 27.5 Å². The van der Waals surface area contributed by atoms with Crippen LogP contribution in [-0.2, 0) is 16.6 Å². The molecule has 1 aromatic carbocycles. The lowest BCUT2D eigenvalue weighted by atomic mass is 10.1. The summed E-state index contributed by atoms with van der Waals surface area (Å²) in [5.74, 6) is 1.08. The van der Waals surface area contributed by atoms with Crippen LogP contribution in [0.3, 0.4) is 0 Å². The Kier molecular flexibility index (Phi) is 9.55. The lowest BCUT2D eigenvalue weighted by Gasteiger charge is -2.15. The van der Waals surface area contributed by atoms with Gasteiger partial charge in [0.05, 0.1) is 11.4 Å². The number of halogens is 1. The molecule has 4 N–H and O–H groups in total. The highest BCUT2D eigenvalue weighted by Gasteiger charge is 2.09. The molecule has 0 aliphatic carbocycles. The second-order valence-corrected chi connectivity index (χ2v) is 8.23. The maximum atomic E-state index is 11.4. The number of nitrogens with zero attached hydrogens (tertiary/aromatic N) is 1. The molecule has 0 aliphatic rings. The van der Waals surface area contributed by atoms with Crippen LogP contribution < -0.4 is 15.8 Å². The molecule has 0 bridgehead atoms. The number of thiophene rings is 1. The Labute approximate surface area is 176 Å². The molecule has 144 valence electrons. The zero-order valence-electron chi connectivity index (χ0n) is 14.8. The smallest absolute Gasteiger partial charge is 0.238 e. The van der Waals surface area contributed by atoms with E-state index in [2.05, 4.69) is 34.0 Å². The minimum absolute atomic E-state index is 0. The van der Waals surface area contributed by atoms with Gasteiger partial charge in [0, 0.05) is 23.9 Å². The molecule has 1 aromatic heterocycles. The summed E-state index contributed by atoms with van der Waals surface area (Å²) in [6, 6.07) is 10.7. The third kappa shape index (κ3) is 7.22. The van der Waals surface area contributed by atoms with E-state index in [0.29, 0.717) is 18.4 Å². The fraction of sp³-hybridized carbons (Fsp3) is 0.353. The van der Waals surface area contributed by atoms with Crippen LogP contribution in [0, 0.1) is 0 Å². The van der Waals surface area contributed by atoms with Crippen molar-refractivity contribution in [1.82, 2.24) is 10.6 Å². The largest absolute Gasteiger partial charge is 0.357 e. The van der Waals surface area contributed by atoms with Gasteiger partial charge in [0.1, 0.15) is 0 Å². The van der Waals surface area contributed by atoms with Gasteiger partial charge in [-0.05, 0) is 36.1 Å². The molecule has 0 saturated carbocycles. The topological polar surface area (TPSA) is 96.6 Å². The van der Waals surface area contributed by atoms with Crippen molar-refractivity contribution in [3.63, 3.8) is 0 Å². The Balaban J connectivity index is 0.00000338. The fourth-order valence-corrected chi connectivity index (χ4v) is 3.63. The van der Waals surface area contributed by atoms with Crippen molar-refractivity contribution >= 4 is 51.3 Å². The monoisotopic (exact) mass is 508 g/mol. The Hall–Kier alpha value is -1.17. The number of nitrogens with one attached hydrogen (secondary N) is 2. The number of nitrogens with two attached hydrogens (primary N) is 1. The average molecular weight is 508 g/mol. The minimum atomic E-state index is -3.70. The van der Waals surface area contributed by atoms with E-state index < -0.39 is 10.0 Å². The van der Waals surface area contributed by atoms with Crippen molar-refractivity contribution in [2.45, 2.75) is 31.2 Å². The summed E-state index contributed by atoms with van der Waals surface area (Å²) in [7, 11) is -3.70. The lowest BCUT2D eigenvalue weighted by molar-refractivity contribution is 0.597. The van der Waals surface area contributed by atoms with Crippen molar-refractivity contribution in [3.8, 4) is 0 Å². The first-order chi connectivity index (χ1) is 11.9. The first-order valence-electron chi connectivity index (χ1n) is 8.07. The Morgan fingerprint density at radius 3 is 2.65 bits per heavy atom. The van der Waals surface area contributed by atoms with Crippen LogP contribution >= 0.6 is 35.3 Å². The standard InChI is InChI=1S/C17H24N4O2S2.HI/c1-3-19-17(20-11-13(2)16-8-5-9-24-16)21-12-14-6-4-7-15(10-14)25(18,22)23;/h4-10,13H,3,11-12H2,1-2H3,(H2,18,22,23)(H2,19,20,21);1H. The van der Waals surface area contributed by atoms with Crippen LogP contribution in [0.15, 0.2) is 51.7 Å². The summed E-state index contributed by atoms with van der Waals surface area (Å²) in [5, 5.41) is 13.8. The molecule has 0 aliphatic heterocycles. The van der Waals surface area contributed by atoms with Crippen LogP contribution in [0.1, 0.15) is 30.2 Å². The number of aliphatic imine (C=N–C) groups is 1. The van der Waals surface area contributed by atoms with Crippen molar-refractivity contribution in [3.05, 3.63) is 52.2 Å². The number of hydrogen-bond acceptors (Lipinski definition) is 4. The maximum Gasteiger partial charge on any atom is 0.238 e. The second kappa shape index (κ2) is 10.9. The first-order valence-corrected chi connectivity index (χ1v) is 10.5. The third-order valence-corrected chi connectivity index (χ3v) is 5.61. The predicted octanol–water partition coefficient (Wildman–Crippen LogP) is 2.87. The van der Waals surface area contributed by atoms with E-state index in [1.807, 2.05) is 19.1 Å². The first kappa shape index (κ1) is 22.9. The molecule has 0 spiro atoms. The molecule has 0 radical (unpaired) electrons. The number of rotatable bonds is 7. The van der Waals surface area contributed by atoms with Crippen molar-refractivity contribution in [2.24, 2.45) is 10.1 Å². The number of primary sulfonamides is 1. The third-order valence-electron chi connectivity index (χ3n) is 3.60. The van der Waals surface area contributed by atoms with Crippen LogP contribution in [0.25, 0.3) is 0 Å². The number of benzene rings is 1. The van der Waals surface area contributed by atoms with Gasteiger partial charge in [-0.2, -0.15) is 0 Å². The zero-order chi connectivity index (χ0) is 18.3. The van der Waals surface area contributed by atoms with Gasteiger partial charge >= 0.3 is 0 Å². The second-order valence-electron chi connectivity index (χ2n) is 5.68. The van der Waals surface area contributed by atoms with E-state index in [1.165, 1.54) is 10.9 Å². The van der Waals surface area contributed by atoms with Gasteiger partial charge < -0.3 is 10.6 Å². The van der Waals surface area contributed by atoms with Crippen LogP contribution in [0.2, 0.25) is 0 Å². The molecule has 0 amide bonds. The maximum absolute atomic E-state index is 11.4. The summed E-state index contributed by atoms with van der Waals surface area (Å²) in [5.41, 5.74) is 0.787. The highest BCUT2D eigenvalue weighted by molar-refractivity contribution is 14.0. The van der Waals surface area contributed by atoms with Gasteiger partial charge in [0.15, 0.2) is 5.96 Å². The van der Waals surface area contributed by atoms with E-state index in [0.717, 1.165) is 18.7 Å². The Bertz CT molecular complexity index is 808. The molecule has 0 saturated heterocycles. The van der Waals surface area contributed by atoms with E-state index in [-0.39, 0.29) is 28.9 Å². The summed E-state index contributed by atoms with van der Waals surface area (Å²) < 4.78 is 22.9. The summed E-state index contributed by atoms with van der Waals surface area (Å²) in [6.07, 6.45) is 0. The van der Waals surface area contributed by atoms with Gasteiger partial charge in [-0.1, -0.05) is 25.1 Å². The molecule has 2 rings (SSSR count). The van der Waals surface area contributed by atoms with E-state index in [9.17, 15) is 8.42 Å². The minimum Gasteiger partial charge on any atom is -0.357 e. The van der Waals surface area contributed by atoms with Crippen LogP contribution in [0.4, 0.5) is 0 Å². The average Bonchev–Trinajstić information content (AvgIpc) is 3.11. The summed E-state index contributed by atoms with van der Waals surface area (Å²) in [4.78, 5) is 5.95. The van der Waals surface area contributed by atoms with Crippen molar-refractivity contribution < 1.29 is 8.42 Å². The van der Waals surface area contributed by atoms with E-state index >= 15 is 0 Å². The highest BCUT2D eigenvalue weighted by atomic mass is 127. The fourth-order valence-electron chi connectivity index (χ4n) is 2.25. The number of hydrogen-bond donors (Lipinski definition) is 3. The molecule has 26 heavy (non-hydrogen) atoms. The van der Waals surface area contributed by atoms with Crippen molar-refractivity contribution in [2.75, 3.05) is 13.1 Å². The molecular weight excluding hydrogens is 483 g/mol. The summed E-state index contributed by atoms with van der Waals surface area (Å²) >= 11 is 1.74. The molecule has 6 nitrogen and oxygen atoms in total. The zero-order valence-corrected chi connectivity index (χ0v) is 18.8. The van der Waals surface area contributed by atoms with Crippen LogP contribution in [0.5, 0.6) is 0 Å². The molecule has 0 fully saturated rings. The predicted molar refractivity (Wildman–Crippen MR) is 119 cm³/mol. The Morgan fingerprint density at radius 1 is 1.27 bits per heavy atom. The molecule has 1 heterocycles.